The highest BCUT2D eigenvalue weighted by molar-refractivity contribution is 5.88. The van der Waals surface area contributed by atoms with Gasteiger partial charge in [0.25, 0.3) is 0 Å². The number of carboxylic acid groups (broad SMARTS) is 1. The molecule has 98 valence electrons. The van der Waals surface area contributed by atoms with Crippen LogP contribution in [0.4, 0.5) is 11.5 Å². The van der Waals surface area contributed by atoms with Gasteiger partial charge >= 0.3 is 5.97 Å². The molecule has 2 aromatic rings. The third-order valence-corrected chi connectivity index (χ3v) is 2.73. The smallest absolute Gasteiger partial charge is 0.335 e. The number of nitrogens with one attached hydrogen (secondary N) is 1. The van der Waals surface area contributed by atoms with Gasteiger partial charge in [-0.25, -0.2) is 9.78 Å². The van der Waals surface area contributed by atoms with Crippen LogP contribution in [0.1, 0.15) is 35.8 Å². The number of hydrogen-bond acceptors (Lipinski definition) is 3. The fraction of sp³-hybridized carbons (Fsp3) is 0.200. The van der Waals surface area contributed by atoms with Gasteiger partial charge in [0.05, 0.1) is 5.56 Å². The third kappa shape index (κ3) is 3.31. The van der Waals surface area contributed by atoms with Crippen LogP contribution in [0.5, 0.6) is 0 Å². The first-order valence-electron chi connectivity index (χ1n) is 6.13. The summed E-state index contributed by atoms with van der Waals surface area (Å²) < 4.78 is 0. The Bertz CT molecular complexity index is 580. The Morgan fingerprint density at radius 2 is 1.89 bits per heavy atom. The number of pyridine rings is 1. The highest BCUT2D eigenvalue weighted by Gasteiger charge is 2.10. The largest absolute Gasteiger partial charge is 0.478 e. The summed E-state index contributed by atoms with van der Waals surface area (Å²) in [7, 11) is 0. The molecule has 4 nitrogen and oxygen atoms in total. The quantitative estimate of drug-likeness (QED) is 0.876. The summed E-state index contributed by atoms with van der Waals surface area (Å²) in [5.41, 5.74) is 1.89. The Labute approximate surface area is 112 Å². The lowest BCUT2D eigenvalue weighted by molar-refractivity contribution is 0.0696. The zero-order valence-electron chi connectivity index (χ0n) is 10.9. The Morgan fingerprint density at radius 3 is 2.47 bits per heavy atom. The molecule has 0 fully saturated rings. The fourth-order valence-corrected chi connectivity index (χ4v) is 1.70. The maximum absolute atomic E-state index is 11.1. The van der Waals surface area contributed by atoms with Gasteiger partial charge in [0, 0.05) is 11.4 Å². The Kier molecular flexibility index (Phi) is 3.80. The van der Waals surface area contributed by atoms with Gasteiger partial charge in [0.15, 0.2) is 0 Å². The van der Waals surface area contributed by atoms with Crippen molar-refractivity contribution in [2.24, 2.45) is 0 Å². The predicted octanol–water partition coefficient (Wildman–Crippen LogP) is 3.65. The number of aromatic carboxylic acids is 1. The average molecular weight is 256 g/mol. The summed E-state index contributed by atoms with van der Waals surface area (Å²) in [4.78, 5) is 15.6. The van der Waals surface area contributed by atoms with Crippen molar-refractivity contribution >= 4 is 17.5 Å². The summed E-state index contributed by atoms with van der Waals surface area (Å²) in [6, 6.07) is 12.7. The second kappa shape index (κ2) is 5.52. The van der Waals surface area contributed by atoms with E-state index in [9.17, 15) is 4.79 Å². The molecule has 2 rings (SSSR count). The summed E-state index contributed by atoms with van der Waals surface area (Å²) in [6.45, 7) is 3.97. The first-order chi connectivity index (χ1) is 9.06. The molecule has 2 N–H and O–H groups in total. The van der Waals surface area contributed by atoms with Crippen LogP contribution in [-0.4, -0.2) is 16.1 Å². The van der Waals surface area contributed by atoms with Crippen molar-refractivity contribution in [3.63, 3.8) is 0 Å². The highest BCUT2D eigenvalue weighted by Crippen LogP contribution is 2.20. The lowest BCUT2D eigenvalue weighted by atomic mass is 10.1. The van der Waals surface area contributed by atoms with Crippen LogP contribution in [0.2, 0.25) is 0 Å². The molecule has 4 heteroatoms. The van der Waals surface area contributed by atoms with Crippen LogP contribution in [-0.2, 0) is 0 Å². The second-order valence-corrected chi connectivity index (χ2v) is 4.62. The molecule has 0 unspecified atom stereocenters. The van der Waals surface area contributed by atoms with Crippen LogP contribution in [0.25, 0.3) is 0 Å². The van der Waals surface area contributed by atoms with Gasteiger partial charge in [-0.2, -0.15) is 0 Å². The molecule has 0 aliphatic heterocycles. The zero-order chi connectivity index (χ0) is 13.8. The van der Waals surface area contributed by atoms with E-state index < -0.39 is 5.97 Å². The van der Waals surface area contributed by atoms with Gasteiger partial charge in [-0.1, -0.05) is 32.0 Å². The SMILES string of the molecule is CC(C)c1cc(C(=O)O)cc(Nc2ccccc2)n1. The minimum absolute atomic E-state index is 0.177. The number of aromatic nitrogens is 1. The van der Waals surface area contributed by atoms with Crippen LogP contribution in [0.3, 0.4) is 0 Å². The number of hydrogen-bond donors (Lipinski definition) is 2. The van der Waals surface area contributed by atoms with Crippen molar-refractivity contribution in [3.8, 4) is 0 Å². The van der Waals surface area contributed by atoms with Crippen molar-refractivity contribution in [1.29, 1.82) is 0 Å². The van der Waals surface area contributed by atoms with E-state index in [4.69, 9.17) is 5.11 Å². The maximum Gasteiger partial charge on any atom is 0.335 e. The molecular formula is C15H16N2O2. The lowest BCUT2D eigenvalue weighted by Gasteiger charge is -2.11. The minimum atomic E-state index is -0.944. The summed E-state index contributed by atoms with van der Waals surface area (Å²) >= 11 is 0. The number of para-hydroxylation sites is 1. The third-order valence-electron chi connectivity index (χ3n) is 2.73. The van der Waals surface area contributed by atoms with E-state index in [1.165, 1.54) is 0 Å². The lowest BCUT2D eigenvalue weighted by Crippen LogP contribution is -2.04. The molecule has 1 heterocycles. The molecule has 1 aromatic heterocycles. The van der Waals surface area contributed by atoms with Crippen LogP contribution >= 0.6 is 0 Å². The van der Waals surface area contributed by atoms with Crippen LogP contribution in [0, 0.1) is 0 Å². The summed E-state index contributed by atoms with van der Waals surface area (Å²) in [5.74, 6) is -0.217. The first-order valence-corrected chi connectivity index (χ1v) is 6.13. The Hall–Kier alpha value is -2.36. The van der Waals surface area contributed by atoms with Crippen molar-refractivity contribution in [2.75, 3.05) is 5.32 Å². The molecule has 0 spiro atoms. The number of rotatable bonds is 4. The highest BCUT2D eigenvalue weighted by atomic mass is 16.4. The summed E-state index contributed by atoms with van der Waals surface area (Å²) in [6.07, 6.45) is 0. The number of nitrogens with zero attached hydrogens (tertiary/aromatic N) is 1. The van der Waals surface area contributed by atoms with Crippen molar-refractivity contribution in [3.05, 3.63) is 53.7 Å². The number of benzene rings is 1. The normalized spacial score (nSPS) is 10.5. The first kappa shape index (κ1) is 13.1. The molecule has 0 aliphatic rings. The van der Waals surface area contributed by atoms with Gasteiger partial charge in [-0.15, -0.1) is 0 Å². The maximum atomic E-state index is 11.1. The molecule has 0 saturated heterocycles. The average Bonchev–Trinajstić information content (AvgIpc) is 2.39. The molecule has 0 bridgehead atoms. The van der Waals surface area contributed by atoms with E-state index in [0.29, 0.717) is 5.82 Å². The molecule has 0 saturated carbocycles. The number of carbonyl (C=O) groups is 1. The van der Waals surface area contributed by atoms with Gasteiger partial charge in [-0.3, -0.25) is 0 Å². The minimum Gasteiger partial charge on any atom is -0.478 e. The number of carboxylic acids is 1. The molecule has 1 aromatic carbocycles. The van der Waals surface area contributed by atoms with Crippen molar-refractivity contribution < 1.29 is 9.90 Å². The van der Waals surface area contributed by atoms with Gasteiger partial charge < -0.3 is 10.4 Å². The van der Waals surface area contributed by atoms with E-state index >= 15 is 0 Å². The van der Waals surface area contributed by atoms with Crippen LogP contribution < -0.4 is 5.32 Å². The van der Waals surface area contributed by atoms with Gasteiger partial charge in [0.1, 0.15) is 5.82 Å². The van der Waals surface area contributed by atoms with E-state index in [0.717, 1.165) is 11.4 Å². The fourth-order valence-electron chi connectivity index (χ4n) is 1.70. The molecule has 0 aliphatic carbocycles. The Balaban J connectivity index is 2.36. The van der Waals surface area contributed by atoms with E-state index in [2.05, 4.69) is 10.3 Å². The van der Waals surface area contributed by atoms with Gasteiger partial charge in [-0.05, 0) is 30.2 Å². The Morgan fingerprint density at radius 1 is 1.21 bits per heavy atom. The second-order valence-electron chi connectivity index (χ2n) is 4.62. The zero-order valence-corrected chi connectivity index (χ0v) is 10.9. The molecule has 0 radical (unpaired) electrons. The monoisotopic (exact) mass is 256 g/mol. The van der Waals surface area contributed by atoms with E-state index in [1.54, 1.807) is 12.1 Å². The molecule has 0 atom stereocenters. The standard InChI is InChI=1S/C15H16N2O2/c1-10(2)13-8-11(15(18)19)9-14(17-13)16-12-6-4-3-5-7-12/h3-10H,1-2H3,(H,16,17)(H,18,19). The van der Waals surface area contributed by atoms with Crippen LogP contribution in [0.15, 0.2) is 42.5 Å². The van der Waals surface area contributed by atoms with Crippen molar-refractivity contribution in [1.82, 2.24) is 4.98 Å². The van der Waals surface area contributed by atoms with Crippen molar-refractivity contribution in [2.45, 2.75) is 19.8 Å². The topological polar surface area (TPSA) is 62.2 Å². The van der Waals surface area contributed by atoms with E-state index in [-0.39, 0.29) is 11.5 Å². The molecule has 19 heavy (non-hydrogen) atoms. The van der Waals surface area contributed by atoms with Gasteiger partial charge in [0.2, 0.25) is 0 Å². The predicted molar refractivity (Wildman–Crippen MR) is 75.0 cm³/mol. The molecular weight excluding hydrogens is 240 g/mol. The van der Waals surface area contributed by atoms with E-state index in [1.807, 2.05) is 44.2 Å². The number of anilines is 2. The summed E-state index contributed by atoms with van der Waals surface area (Å²) in [5, 5.41) is 12.2. The molecule has 0 amide bonds.